The van der Waals surface area contributed by atoms with Crippen molar-refractivity contribution < 1.29 is 27.8 Å². The molecule has 3 aromatic rings. The standard InChI is InChI=1S/C29H35F2N3O4S/c1-5-6-14-34(29(36)32-25-11-9-22(30)17-24(25)31)19-28(35)33(18-23-10-7-20(2)39-23)15-13-21-8-12-26(37-3)27(16-21)38-4/h7-12,16-17H,5-6,13-15,18-19H2,1-4H3,(H,32,36). The van der Waals surface area contributed by atoms with Gasteiger partial charge in [0.15, 0.2) is 11.5 Å². The van der Waals surface area contributed by atoms with Crippen LogP contribution >= 0.6 is 11.3 Å². The average Bonchev–Trinajstić information content (AvgIpc) is 3.34. The Morgan fingerprint density at radius 3 is 2.36 bits per heavy atom. The minimum absolute atomic E-state index is 0.144. The number of thiophene rings is 1. The van der Waals surface area contributed by atoms with Gasteiger partial charge in [0, 0.05) is 28.9 Å². The van der Waals surface area contributed by atoms with Crippen molar-refractivity contribution in [2.75, 3.05) is 39.2 Å². The SMILES string of the molecule is CCCCN(CC(=O)N(CCc1ccc(OC)c(OC)c1)Cc1ccc(C)s1)C(=O)Nc1ccc(F)cc1F. The molecule has 10 heteroatoms. The Balaban J connectivity index is 1.77. The molecule has 1 heterocycles. The lowest BCUT2D eigenvalue weighted by Gasteiger charge is -2.28. The van der Waals surface area contributed by atoms with E-state index < -0.39 is 17.7 Å². The van der Waals surface area contributed by atoms with E-state index in [2.05, 4.69) is 5.32 Å². The van der Waals surface area contributed by atoms with Crippen molar-refractivity contribution in [3.8, 4) is 11.5 Å². The van der Waals surface area contributed by atoms with Crippen molar-refractivity contribution in [2.45, 2.75) is 39.7 Å². The third kappa shape index (κ3) is 8.68. The molecule has 0 unspecified atom stereocenters. The molecule has 0 aliphatic carbocycles. The predicted octanol–water partition coefficient (Wildman–Crippen LogP) is 6.26. The highest BCUT2D eigenvalue weighted by Crippen LogP contribution is 2.28. The second-order valence-corrected chi connectivity index (χ2v) is 10.5. The third-order valence-corrected chi connectivity index (χ3v) is 7.17. The molecule has 3 amide bonds. The Kier molecular flexibility index (Phi) is 11.1. The molecule has 0 spiro atoms. The number of unbranched alkanes of at least 4 members (excludes halogenated alkanes) is 1. The minimum Gasteiger partial charge on any atom is -0.493 e. The molecule has 3 rings (SSSR count). The van der Waals surface area contributed by atoms with E-state index in [4.69, 9.17) is 9.47 Å². The number of hydrogen-bond acceptors (Lipinski definition) is 5. The van der Waals surface area contributed by atoms with E-state index >= 15 is 0 Å². The molecule has 39 heavy (non-hydrogen) atoms. The smallest absolute Gasteiger partial charge is 0.322 e. The van der Waals surface area contributed by atoms with Gasteiger partial charge in [-0.2, -0.15) is 0 Å². The van der Waals surface area contributed by atoms with Crippen LogP contribution in [0.3, 0.4) is 0 Å². The van der Waals surface area contributed by atoms with Gasteiger partial charge in [-0.15, -0.1) is 11.3 Å². The van der Waals surface area contributed by atoms with Crippen LogP contribution in [0.25, 0.3) is 0 Å². The first-order chi connectivity index (χ1) is 18.7. The topological polar surface area (TPSA) is 71.1 Å². The lowest BCUT2D eigenvalue weighted by atomic mass is 10.1. The molecule has 2 aromatic carbocycles. The van der Waals surface area contributed by atoms with Crippen LogP contribution in [0.4, 0.5) is 19.3 Å². The van der Waals surface area contributed by atoms with Gasteiger partial charge >= 0.3 is 6.03 Å². The third-order valence-electron chi connectivity index (χ3n) is 6.18. The highest BCUT2D eigenvalue weighted by atomic mass is 32.1. The molecule has 0 bridgehead atoms. The average molecular weight is 560 g/mol. The number of rotatable bonds is 13. The van der Waals surface area contributed by atoms with Crippen LogP contribution < -0.4 is 14.8 Å². The van der Waals surface area contributed by atoms with Crippen LogP contribution in [-0.2, 0) is 17.8 Å². The molecule has 0 saturated heterocycles. The minimum atomic E-state index is -0.880. The van der Waals surface area contributed by atoms with Crippen molar-refractivity contribution in [1.82, 2.24) is 9.80 Å². The van der Waals surface area contributed by atoms with E-state index in [0.717, 1.165) is 33.9 Å². The fourth-order valence-corrected chi connectivity index (χ4v) is 4.91. The van der Waals surface area contributed by atoms with E-state index in [1.54, 1.807) is 30.5 Å². The number of ether oxygens (including phenoxy) is 2. The van der Waals surface area contributed by atoms with E-state index in [1.165, 1.54) is 4.90 Å². The van der Waals surface area contributed by atoms with E-state index in [0.29, 0.717) is 50.0 Å². The molecular weight excluding hydrogens is 524 g/mol. The largest absolute Gasteiger partial charge is 0.493 e. The quantitative estimate of drug-likeness (QED) is 0.269. The number of nitrogens with one attached hydrogen (secondary N) is 1. The molecule has 0 radical (unpaired) electrons. The fraction of sp³-hybridized carbons (Fsp3) is 0.379. The van der Waals surface area contributed by atoms with Crippen LogP contribution in [0, 0.1) is 18.6 Å². The summed E-state index contributed by atoms with van der Waals surface area (Å²) in [6.07, 6.45) is 2.04. The molecule has 7 nitrogen and oxygen atoms in total. The summed E-state index contributed by atoms with van der Waals surface area (Å²) in [4.78, 5) is 31.9. The summed E-state index contributed by atoms with van der Waals surface area (Å²) in [5.41, 5.74) is 0.829. The summed E-state index contributed by atoms with van der Waals surface area (Å²) >= 11 is 1.61. The summed E-state index contributed by atoms with van der Waals surface area (Å²) in [6.45, 7) is 4.95. The molecule has 0 saturated carbocycles. The number of benzene rings is 2. The van der Waals surface area contributed by atoms with Crippen molar-refractivity contribution in [3.05, 3.63) is 75.5 Å². The molecular formula is C29H35F2N3O4S. The van der Waals surface area contributed by atoms with Crippen LogP contribution in [-0.4, -0.2) is 55.6 Å². The zero-order valence-electron chi connectivity index (χ0n) is 22.8. The number of amides is 3. The molecule has 0 aliphatic heterocycles. The molecule has 1 N–H and O–H groups in total. The monoisotopic (exact) mass is 559 g/mol. The van der Waals surface area contributed by atoms with Gasteiger partial charge in [0.2, 0.25) is 5.91 Å². The number of carbonyl (C=O) groups is 2. The van der Waals surface area contributed by atoms with Crippen molar-refractivity contribution in [1.29, 1.82) is 0 Å². The van der Waals surface area contributed by atoms with Gasteiger partial charge < -0.3 is 24.6 Å². The second kappa shape index (κ2) is 14.5. The lowest BCUT2D eigenvalue weighted by molar-refractivity contribution is -0.132. The normalized spacial score (nSPS) is 10.7. The number of anilines is 1. The molecule has 1 aromatic heterocycles. The first kappa shape index (κ1) is 29.9. The molecule has 210 valence electrons. The number of urea groups is 1. The van der Waals surface area contributed by atoms with Crippen molar-refractivity contribution in [3.63, 3.8) is 0 Å². The van der Waals surface area contributed by atoms with Gasteiger partial charge in [0.25, 0.3) is 0 Å². The first-order valence-corrected chi connectivity index (χ1v) is 13.6. The zero-order chi connectivity index (χ0) is 28.4. The van der Waals surface area contributed by atoms with Crippen LogP contribution in [0.15, 0.2) is 48.5 Å². The lowest BCUT2D eigenvalue weighted by Crippen LogP contribution is -2.45. The number of methoxy groups -OCH3 is 2. The predicted molar refractivity (Wildman–Crippen MR) is 150 cm³/mol. The molecule has 0 fully saturated rings. The van der Waals surface area contributed by atoms with Crippen LogP contribution in [0.2, 0.25) is 0 Å². The summed E-state index contributed by atoms with van der Waals surface area (Å²) in [7, 11) is 3.15. The fourth-order valence-electron chi connectivity index (χ4n) is 4.00. The van der Waals surface area contributed by atoms with Gasteiger partial charge in [0.05, 0.1) is 26.5 Å². The maximum atomic E-state index is 14.2. The number of carbonyl (C=O) groups excluding carboxylic acids is 2. The Morgan fingerprint density at radius 1 is 0.949 bits per heavy atom. The maximum absolute atomic E-state index is 14.2. The summed E-state index contributed by atoms with van der Waals surface area (Å²) in [5.74, 6) is -0.616. The Bertz CT molecular complexity index is 1270. The van der Waals surface area contributed by atoms with Gasteiger partial charge in [-0.3, -0.25) is 4.79 Å². The van der Waals surface area contributed by atoms with Crippen molar-refractivity contribution in [2.24, 2.45) is 0 Å². The Labute approximate surface area is 232 Å². The number of hydrogen-bond donors (Lipinski definition) is 1. The number of aryl methyl sites for hydroxylation is 1. The van der Waals surface area contributed by atoms with E-state index in [-0.39, 0.29) is 18.1 Å². The van der Waals surface area contributed by atoms with Crippen LogP contribution in [0.1, 0.15) is 35.1 Å². The number of halogens is 2. The van der Waals surface area contributed by atoms with Gasteiger partial charge in [-0.1, -0.05) is 19.4 Å². The van der Waals surface area contributed by atoms with E-state index in [1.807, 2.05) is 44.2 Å². The maximum Gasteiger partial charge on any atom is 0.322 e. The van der Waals surface area contributed by atoms with Gasteiger partial charge in [0.1, 0.15) is 18.2 Å². The summed E-state index contributed by atoms with van der Waals surface area (Å²) < 4.78 is 38.2. The van der Waals surface area contributed by atoms with E-state index in [9.17, 15) is 18.4 Å². The summed E-state index contributed by atoms with van der Waals surface area (Å²) in [5, 5.41) is 2.48. The Hall–Kier alpha value is -3.66. The van der Waals surface area contributed by atoms with Gasteiger partial charge in [-0.25, -0.2) is 13.6 Å². The first-order valence-electron chi connectivity index (χ1n) is 12.8. The van der Waals surface area contributed by atoms with Gasteiger partial charge in [-0.05, 0) is 61.7 Å². The highest BCUT2D eigenvalue weighted by Gasteiger charge is 2.23. The highest BCUT2D eigenvalue weighted by molar-refractivity contribution is 7.11. The zero-order valence-corrected chi connectivity index (χ0v) is 23.6. The van der Waals surface area contributed by atoms with Crippen LogP contribution in [0.5, 0.6) is 11.5 Å². The van der Waals surface area contributed by atoms with Crippen molar-refractivity contribution >= 4 is 29.0 Å². The molecule has 0 atom stereocenters. The Morgan fingerprint density at radius 2 is 1.72 bits per heavy atom. The number of nitrogens with zero attached hydrogens (tertiary/aromatic N) is 2. The second-order valence-electron chi connectivity index (χ2n) is 9.10. The molecule has 0 aliphatic rings. The summed E-state index contributed by atoms with van der Waals surface area (Å²) in [6, 6.07) is 12.0.